The number of nitrogens with one attached hydrogen (secondary N) is 1. The highest BCUT2D eigenvalue weighted by molar-refractivity contribution is 5.90. The molecule has 8 nitrogen and oxygen atoms in total. The van der Waals surface area contributed by atoms with E-state index in [4.69, 9.17) is 13.7 Å². The molecule has 29 heavy (non-hydrogen) atoms. The van der Waals surface area contributed by atoms with E-state index in [0.29, 0.717) is 23.9 Å². The lowest BCUT2D eigenvalue weighted by Crippen LogP contribution is -2.37. The SMILES string of the molecule is O=C(CCc1nc(-c2ccco2)no1)Nc1ccc(CCN2CCOCC2)cc1. The van der Waals surface area contributed by atoms with E-state index >= 15 is 0 Å². The largest absolute Gasteiger partial charge is 0.461 e. The molecule has 1 N–H and O–H groups in total. The fraction of sp³-hybridized carbons (Fsp3) is 0.381. The number of carbonyl (C=O) groups excluding carboxylic acids is 1. The van der Waals surface area contributed by atoms with E-state index in [9.17, 15) is 4.79 Å². The molecule has 4 rings (SSSR count). The van der Waals surface area contributed by atoms with Crippen LogP contribution in [-0.2, 0) is 22.4 Å². The molecule has 0 aliphatic carbocycles. The van der Waals surface area contributed by atoms with Gasteiger partial charge < -0.3 is 19.0 Å². The zero-order chi connectivity index (χ0) is 19.9. The first-order chi connectivity index (χ1) is 14.3. The average Bonchev–Trinajstić information content (AvgIpc) is 3.44. The molecule has 152 valence electrons. The van der Waals surface area contributed by atoms with Gasteiger partial charge in [-0.3, -0.25) is 9.69 Å². The summed E-state index contributed by atoms with van der Waals surface area (Å²) in [6, 6.07) is 11.5. The van der Waals surface area contributed by atoms with E-state index in [1.807, 2.05) is 12.1 Å². The monoisotopic (exact) mass is 396 g/mol. The predicted molar refractivity (Wildman–Crippen MR) is 106 cm³/mol. The van der Waals surface area contributed by atoms with Gasteiger partial charge in [0.15, 0.2) is 5.76 Å². The summed E-state index contributed by atoms with van der Waals surface area (Å²) in [6.07, 6.45) is 3.17. The number of furan rings is 1. The Hall–Kier alpha value is -2.97. The number of morpholine rings is 1. The number of hydrogen-bond acceptors (Lipinski definition) is 7. The van der Waals surface area contributed by atoms with Gasteiger partial charge in [0.1, 0.15) is 0 Å². The van der Waals surface area contributed by atoms with Crippen LogP contribution in [0.1, 0.15) is 17.9 Å². The summed E-state index contributed by atoms with van der Waals surface area (Å²) >= 11 is 0. The maximum absolute atomic E-state index is 12.2. The second kappa shape index (κ2) is 9.49. The quantitative estimate of drug-likeness (QED) is 0.626. The van der Waals surface area contributed by atoms with Crippen LogP contribution in [0.15, 0.2) is 51.6 Å². The van der Waals surface area contributed by atoms with E-state index in [-0.39, 0.29) is 12.3 Å². The molecule has 1 amide bonds. The molecule has 0 radical (unpaired) electrons. The van der Waals surface area contributed by atoms with Gasteiger partial charge in [0.2, 0.25) is 17.6 Å². The molecule has 1 aromatic carbocycles. The van der Waals surface area contributed by atoms with Gasteiger partial charge in [-0.2, -0.15) is 4.98 Å². The van der Waals surface area contributed by atoms with Crippen molar-refractivity contribution in [3.05, 3.63) is 54.1 Å². The van der Waals surface area contributed by atoms with Crippen molar-refractivity contribution in [2.45, 2.75) is 19.3 Å². The smallest absolute Gasteiger partial charge is 0.238 e. The Bertz CT molecular complexity index is 899. The molecule has 0 saturated carbocycles. The van der Waals surface area contributed by atoms with E-state index in [1.165, 1.54) is 5.56 Å². The molecule has 0 spiro atoms. The number of aromatic nitrogens is 2. The minimum absolute atomic E-state index is 0.0937. The summed E-state index contributed by atoms with van der Waals surface area (Å²) in [5.74, 6) is 1.24. The zero-order valence-corrected chi connectivity index (χ0v) is 16.2. The summed E-state index contributed by atoms with van der Waals surface area (Å²) < 4.78 is 15.8. The second-order valence-corrected chi connectivity index (χ2v) is 6.94. The lowest BCUT2D eigenvalue weighted by molar-refractivity contribution is -0.116. The van der Waals surface area contributed by atoms with Crippen LogP contribution < -0.4 is 5.32 Å². The van der Waals surface area contributed by atoms with Crippen molar-refractivity contribution >= 4 is 11.6 Å². The van der Waals surface area contributed by atoms with Crippen molar-refractivity contribution in [3.63, 3.8) is 0 Å². The second-order valence-electron chi connectivity index (χ2n) is 6.94. The van der Waals surface area contributed by atoms with Crippen molar-refractivity contribution < 1.29 is 18.5 Å². The Labute approximate surface area is 168 Å². The number of amides is 1. The first kappa shape index (κ1) is 19.4. The van der Waals surface area contributed by atoms with Crippen LogP contribution in [0.2, 0.25) is 0 Å². The molecule has 3 aromatic rings. The number of carbonyl (C=O) groups is 1. The summed E-state index contributed by atoms with van der Waals surface area (Å²) in [6.45, 7) is 4.66. The summed E-state index contributed by atoms with van der Waals surface area (Å²) in [4.78, 5) is 18.9. The number of benzene rings is 1. The highest BCUT2D eigenvalue weighted by Gasteiger charge is 2.13. The third kappa shape index (κ3) is 5.52. The topological polar surface area (TPSA) is 93.6 Å². The predicted octanol–water partition coefficient (Wildman–Crippen LogP) is 2.78. The minimum Gasteiger partial charge on any atom is -0.461 e. The van der Waals surface area contributed by atoms with Crippen molar-refractivity contribution in [1.29, 1.82) is 0 Å². The minimum atomic E-state index is -0.0937. The molecule has 1 fully saturated rings. The molecule has 1 aliphatic heterocycles. The van der Waals surface area contributed by atoms with Crippen molar-refractivity contribution in [1.82, 2.24) is 15.0 Å². The third-order valence-electron chi connectivity index (χ3n) is 4.83. The normalized spacial score (nSPS) is 14.8. The van der Waals surface area contributed by atoms with Crippen molar-refractivity contribution in [3.8, 4) is 11.6 Å². The summed E-state index contributed by atoms with van der Waals surface area (Å²) in [5, 5.41) is 6.76. The molecule has 0 bridgehead atoms. The molecule has 1 aliphatic rings. The van der Waals surface area contributed by atoms with Crippen LogP contribution in [0.5, 0.6) is 0 Å². The summed E-state index contributed by atoms with van der Waals surface area (Å²) in [5.41, 5.74) is 2.04. The number of anilines is 1. The first-order valence-electron chi connectivity index (χ1n) is 9.81. The molecular weight excluding hydrogens is 372 g/mol. The Kier molecular flexibility index (Phi) is 6.33. The highest BCUT2D eigenvalue weighted by atomic mass is 16.5. The maximum Gasteiger partial charge on any atom is 0.238 e. The van der Waals surface area contributed by atoms with E-state index in [1.54, 1.807) is 18.4 Å². The van der Waals surface area contributed by atoms with Gasteiger partial charge in [-0.05, 0) is 36.2 Å². The lowest BCUT2D eigenvalue weighted by atomic mass is 10.1. The number of hydrogen-bond donors (Lipinski definition) is 1. The van der Waals surface area contributed by atoms with Gasteiger partial charge in [0.25, 0.3) is 0 Å². The van der Waals surface area contributed by atoms with Crippen LogP contribution in [-0.4, -0.2) is 53.8 Å². The molecule has 2 aromatic heterocycles. The van der Waals surface area contributed by atoms with Gasteiger partial charge in [0.05, 0.1) is 19.5 Å². The number of aryl methyl sites for hydroxylation is 1. The number of rotatable bonds is 8. The summed E-state index contributed by atoms with van der Waals surface area (Å²) in [7, 11) is 0. The van der Waals surface area contributed by atoms with Gasteiger partial charge in [-0.25, -0.2) is 0 Å². The molecule has 8 heteroatoms. The van der Waals surface area contributed by atoms with Gasteiger partial charge in [0, 0.05) is 38.2 Å². The number of ether oxygens (including phenoxy) is 1. The van der Waals surface area contributed by atoms with Gasteiger partial charge >= 0.3 is 0 Å². The Morgan fingerprint density at radius 3 is 2.69 bits per heavy atom. The average molecular weight is 396 g/mol. The fourth-order valence-electron chi connectivity index (χ4n) is 3.17. The zero-order valence-electron chi connectivity index (χ0n) is 16.2. The third-order valence-corrected chi connectivity index (χ3v) is 4.83. The van der Waals surface area contributed by atoms with Crippen molar-refractivity contribution in [2.75, 3.05) is 38.2 Å². The highest BCUT2D eigenvalue weighted by Crippen LogP contribution is 2.17. The lowest BCUT2D eigenvalue weighted by Gasteiger charge is -2.26. The van der Waals surface area contributed by atoms with Crippen LogP contribution >= 0.6 is 0 Å². The Morgan fingerprint density at radius 1 is 1.10 bits per heavy atom. The van der Waals surface area contributed by atoms with Crippen LogP contribution in [0.3, 0.4) is 0 Å². The molecule has 0 atom stereocenters. The first-order valence-corrected chi connectivity index (χ1v) is 9.81. The van der Waals surface area contributed by atoms with Crippen LogP contribution in [0.4, 0.5) is 5.69 Å². The van der Waals surface area contributed by atoms with Crippen LogP contribution in [0.25, 0.3) is 11.6 Å². The van der Waals surface area contributed by atoms with E-state index in [2.05, 4.69) is 32.5 Å². The molecule has 0 unspecified atom stereocenters. The Morgan fingerprint density at radius 2 is 1.93 bits per heavy atom. The van der Waals surface area contributed by atoms with Crippen LogP contribution in [0, 0.1) is 0 Å². The van der Waals surface area contributed by atoms with E-state index in [0.717, 1.165) is 45.0 Å². The standard InChI is InChI=1S/C21H24N4O4/c26-19(7-8-20-23-21(24-29-20)18-2-1-13-28-18)22-17-5-3-16(4-6-17)9-10-25-11-14-27-15-12-25/h1-6,13H,7-12,14-15H2,(H,22,26). The van der Waals surface area contributed by atoms with E-state index < -0.39 is 0 Å². The van der Waals surface area contributed by atoms with Gasteiger partial charge in [-0.1, -0.05) is 17.3 Å². The fourth-order valence-corrected chi connectivity index (χ4v) is 3.17. The number of nitrogens with zero attached hydrogens (tertiary/aromatic N) is 3. The van der Waals surface area contributed by atoms with Crippen molar-refractivity contribution in [2.24, 2.45) is 0 Å². The Balaban J connectivity index is 1.21. The molecule has 3 heterocycles. The maximum atomic E-state index is 12.2. The molecular formula is C21H24N4O4. The molecule has 1 saturated heterocycles. The van der Waals surface area contributed by atoms with Gasteiger partial charge in [-0.15, -0.1) is 0 Å².